The summed E-state index contributed by atoms with van der Waals surface area (Å²) >= 11 is 0. The highest BCUT2D eigenvalue weighted by Crippen LogP contribution is 2.19. The van der Waals surface area contributed by atoms with Crippen molar-refractivity contribution in [1.29, 1.82) is 0 Å². The van der Waals surface area contributed by atoms with Gasteiger partial charge in [0.15, 0.2) is 0 Å². The predicted octanol–water partition coefficient (Wildman–Crippen LogP) is 1.05. The van der Waals surface area contributed by atoms with Gasteiger partial charge in [0.25, 0.3) is 0 Å². The van der Waals surface area contributed by atoms with Crippen LogP contribution < -0.4 is 4.72 Å². The minimum Gasteiger partial charge on any atom is -0.465 e. The first-order chi connectivity index (χ1) is 9.85. The standard InChI is InChI=1S/C13H18FNO5S/c1-3-10(6-7-16)15-21(18,19)12-8-9(14)4-5-11(12)13(17)20-2/h4-5,8,10,15-16H,3,6-7H2,1-2H3. The Labute approximate surface area is 123 Å². The van der Waals surface area contributed by atoms with Crippen LogP contribution in [0, 0.1) is 5.82 Å². The molecule has 0 amide bonds. The van der Waals surface area contributed by atoms with Crippen molar-refractivity contribution < 1.29 is 27.4 Å². The van der Waals surface area contributed by atoms with Crippen molar-refractivity contribution in [2.24, 2.45) is 0 Å². The van der Waals surface area contributed by atoms with Gasteiger partial charge in [0.1, 0.15) is 5.82 Å². The molecule has 0 heterocycles. The predicted molar refractivity (Wildman–Crippen MR) is 73.8 cm³/mol. The van der Waals surface area contributed by atoms with Crippen molar-refractivity contribution >= 4 is 16.0 Å². The van der Waals surface area contributed by atoms with Crippen LogP contribution >= 0.6 is 0 Å². The summed E-state index contributed by atoms with van der Waals surface area (Å²) in [5.41, 5.74) is -0.245. The van der Waals surface area contributed by atoms with E-state index in [1.165, 1.54) is 0 Å². The Bertz CT molecular complexity index is 603. The molecule has 0 aliphatic rings. The first-order valence-corrected chi connectivity index (χ1v) is 7.85. The van der Waals surface area contributed by atoms with Crippen LogP contribution in [0.5, 0.6) is 0 Å². The average molecular weight is 319 g/mol. The van der Waals surface area contributed by atoms with Crippen LogP contribution in [0.15, 0.2) is 23.1 Å². The molecule has 0 aromatic heterocycles. The molecule has 1 unspecified atom stereocenters. The van der Waals surface area contributed by atoms with E-state index in [1.54, 1.807) is 6.92 Å². The topological polar surface area (TPSA) is 92.7 Å². The molecule has 0 aliphatic carbocycles. The highest BCUT2D eigenvalue weighted by atomic mass is 32.2. The molecular formula is C13H18FNO5S. The molecule has 0 saturated heterocycles. The third-order valence-corrected chi connectivity index (χ3v) is 4.49. The van der Waals surface area contributed by atoms with Crippen molar-refractivity contribution in [3.8, 4) is 0 Å². The zero-order chi connectivity index (χ0) is 16.0. The molecule has 0 saturated carbocycles. The molecule has 0 bridgehead atoms. The lowest BCUT2D eigenvalue weighted by Crippen LogP contribution is -2.36. The maximum absolute atomic E-state index is 13.3. The quantitative estimate of drug-likeness (QED) is 0.733. The first kappa shape index (κ1) is 17.5. The number of rotatable bonds is 7. The summed E-state index contributed by atoms with van der Waals surface area (Å²) in [6, 6.07) is 2.30. The Kier molecular flexibility index (Phi) is 6.25. The van der Waals surface area contributed by atoms with Crippen LogP contribution in [0.25, 0.3) is 0 Å². The largest absolute Gasteiger partial charge is 0.465 e. The van der Waals surface area contributed by atoms with Gasteiger partial charge in [-0.2, -0.15) is 0 Å². The van der Waals surface area contributed by atoms with Crippen molar-refractivity contribution in [3.63, 3.8) is 0 Å². The van der Waals surface area contributed by atoms with E-state index in [9.17, 15) is 17.6 Å². The zero-order valence-corrected chi connectivity index (χ0v) is 12.6. The molecule has 1 rings (SSSR count). The second-order valence-corrected chi connectivity index (χ2v) is 6.05. The average Bonchev–Trinajstić information content (AvgIpc) is 2.45. The number of aliphatic hydroxyl groups is 1. The van der Waals surface area contributed by atoms with Gasteiger partial charge in [0.2, 0.25) is 10.0 Å². The second kappa shape index (κ2) is 7.48. The van der Waals surface area contributed by atoms with Crippen molar-refractivity contribution in [1.82, 2.24) is 4.72 Å². The second-order valence-electron chi connectivity index (χ2n) is 4.37. The van der Waals surface area contributed by atoms with Gasteiger partial charge in [0.05, 0.1) is 17.6 Å². The molecule has 1 atom stereocenters. The van der Waals surface area contributed by atoms with Gasteiger partial charge in [-0.1, -0.05) is 6.92 Å². The first-order valence-electron chi connectivity index (χ1n) is 6.36. The lowest BCUT2D eigenvalue weighted by Gasteiger charge is -2.17. The molecule has 1 aromatic rings. The SMILES string of the molecule is CCC(CCO)NS(=O)(=O)c1cc(F)ccc1C(=O)OC. The third-order valence-electron chi connectivity index (χ3n) is 2.93. The normalized spacial score (nSPS) is 13.0. The Morgan fingerprint density at radius 2 is 2.14 bits per heavy atom. The molecule has 0 radical (unpaired) electrons. The van der Waals surface area contributed by atoms with Gasteiger partial charge >= 0.3 is 5.97 Å². The van der Waals surface area contributed by atoms with Crippen molar-refractivity contribution in [3.05, 3.63) is 29.6 Å². The van der Waals surface area contributed by atoms with E-state index in [0.29, 0.717) is 6.42 Å². The molecular weight excluding hydrogens is 301 g/mol. The third kappa shape index (κ3) is 4.48. The number of benzene rings is 1. The lowest BCUT2D eigenvalue weighted by molar-refractivity contribution is 0.0596. The monoisotopic (exact) mass is 319 g/mol. The fraction of sp³-hybridized carbons (Fsp3) is 0.462. The number of aliphatic hydroxyl groups excluding tert-OH is 1. The fourth-order valence-corrected chi connectivity index (χ4v) is 3.34. The number of carbonyl (C=O) groups is 1. The van der Waals surface area contributed by atoms with Crippen molar-refractivity contribution in [2.45, 2.75) is 30.7 Å². The lowest BCUT2D eigenvalue weighted by atomic mass is 10.2. The summed E-state index contributed by atoms with van der Waals surface area (Å²) in [6.07, 6.45) is 0.668. The summed E-state index contributed by atoms with van der Waals surface area (Å²) in [4.78, 5) is 11.1. The van der Waals surface area contributed by atoms with E-state index in [2.05, 4.69) is 9.46 Å². The summed E-state index contributed by atoms with van der Waals surface area (Å²) in [6.45, 7) is 1.56. The molecule has 2 N–H and O–H groups in total. The number of hydrogen-bond acceptors (Lipinski definition) is 5. The molecule has 118 valence electrons. The molecule has 21 heavy (non-hydrogen) atoms. The maximum atomic E-state index is 13.3. The van der Waals surface area contributed by atoms with E-state index in [-0.39, 0.29) is 18.6 Å². The van der Waals surface area contributed by atoms with Gasteiger partial charge in [-0.15, -0.1) is 0 Å². The molecule has 1 aromatic carbocycles. The van der Waals surface area contributed by atoms with E-state index < -0.39 is 32.7 Å². The number of carbonyl (C=O) groups excluding carboxylic acids is 1. The Morgan fingerprint density at radius 1 is 1.48 bits per heavy atom. The molecule has 0 aliphatic heterocycles. The summed E-state index contributed by atoms with van der Waals surface area (Å²) < 4.78 is 44.8. The van der Waals surface area contributed by atoms with Crippen LogP contribution in [0.4, 0.5) is 4.39 Å². The van der Waals surface area contributed by atoms with Gasteiger partial charge in [-0.25, -0.2) is 22.3 Å². The highest BCUT2D eigenvalue weighted by molar-refractivity contribution is 7.89. The minimum absolute atomic E-state index is 0.186. The molecule has 0 fully saturated rings. The van der Waals surface area contributed by atoms with E-state index in [1.807, 2.05) is 0 Å². The van der Waals surface area contributed by atoms with Crippen LogP contribution in [0.1, 0.15) is 30.1 Å². The Morgan fingerprint density at radius 3 is 2.67 bits per heavy atom. The zero-order valence-electron chi connectivity index (χ0n) is 11.8. The van der Waals surface area contributed by atoms with Crippen LogP contribution in [-0.2, 0) is 14.8 Å². The van der Waals surface area contributed by atoms with Crippen LogP contribution in [-0.4, -0.2) is 39.3 Å². The molecule has 6 nitrogen and oxygen atoms in total. The van der Waals surface area contributed by atoms with Gasteiger partial charge in [0, 0.05) is 12.6 Å². The summed E-state index contributed by atoms with van der Waals surface area (Å²) in [5.74, 6) is -1.65. The maximum Gasteiger partial charge on any atom is 0.339 e. The summed E-state index contributed by atoms with van der Waals surface area (Å²) in [5, 5.41) is 8.89. The fourth-order valence-electron chi connectivity index (χ4n) is 1.78. The van der Waals surface area contributed by atoms with Crippen LogP contribution in [0.3, 0.4) is 0 Å². The number of nitrogens with one attached hydrogen (secondary N) is 1. The van der Waals surface area contributed by atoms with E-state index in [4.69, 9.17) is 5.11 Å². The Balaban J connectivity index is 3.23. The van der Waals surface area contributed by atoms with E-state index >= 15 is 0 Å². The Hall–Kier alpha value is -1.51. The van der Waals surface area contributed by atoms with Gasteiger partial charge in [-0.05, 0) is 31.0 Å². The number of methoxy groups -OCH3 is 1. The van der Waals surface area contributed by atoms with E-state index in [0.717, 1.165) is 25.3 Å². The number of halogens is 1. The number of ether oxygens (including phenoxy) is 1. The number of sulfonamides is 1. The van der Waals surface area contributed by atoms with Gasteiger partial charge < -0.3 is 9.84 Å². The molecule has 0 spiro atoms. The smallest absolute Gasteiger partial charge is 0.339 e. The number of esters is 1. The molecule has 8 heteroatoms. The number of hydrogen-bond donors (Lipinski definition) is 2. The minimum atomic E-state index is -4.10. The highest BCUT2D eigenvalue weighted by Gasteiger charge is 2.26. The summed E-state index contributed by atoms with van der Waals surface area (Å²) in [7, 11) is -3.00. The van der Waals surface area contributed by atoms with Gasteiger partial charge in [-0.3, -0.25) is 0 Å². The van der Waals surface area contributed by atoms with Crippen molar-refractivity contribution in [2.75, 3.05) is 13.7 Å². The van der Waals surface area contributed by atoms with Crippen LogP contribution in [0.2, 0.25) is 0 Å².